The summed E-state index contributed by atoms with van der Waals surface area (Å²) in [6.45, 7) is 1.04. The van der Waals surface area contributed by atoms with Gasteiger partial charge < -0.3 is 14.5 Å². The van der Waals surface area contributed by atoms with E-state index in [2.05, 4.69) is 5.10 Å². The molecule has 1 aliphatic rings. The number of carbonyl (C=O) groups is 2. The third-order valence-electron chi connectivity index (χ3n) is 4.13. The number of hydrogen-bond donors (Lipinski definition) is 0. The van der Waals surface area contributed by atoms with E-state index in [1.54, 1.807) is 23.7 Å². The molecule has 0 unspecified atom stereocenters. The summed E-state index contributed by atoms with van der Waals surface area (Å²) < 4.78 is 7.10. The smallest absolute Gasteiger partial charge is 0.409 e. The fourth-order valence-electron chi connectivity index (χ4n) is 2.75. The van der Waals surface area contributed by atoms with E-state index >= 15 is 0 Å². The average Bonchev–Trinajstić information content (AvgIpc) is 3.25. The molecule has 25 heavy (non-hydrogen) atoms. The molecule has 2 heterocycles. The predicted octanol–water partition coefficient (Wildman–Crippen LogP) is 1.71. The van der Waals surface area contributed by atoms with E-state index in [0.717, 1.165) is 11.4 Å². The van der Waals surface area contributed by atoms with Crippen LogP contribution >= 0.6 is 0 Å². The number of para-hydroxylation sites is 1. The number of rotatable bonds is 4. The normalized spacial score (nSPS) is 16.7. The van der Waals surface area contributed by atoms with Gasteiger partial charge >= 0.3 is 6.09 Å². The van der Waals surface area contributed by atoms with E-state index in [1.807, 2.05) is 42.6 Å². The van der Waals surface area contributed by atoms with Gasteiger partial charge in [0.05, 0.1) is 24.3 Å². The standard InChI is InChI=1S/C18H22N4O3/c1-20(2)18(24)25-16-9-10-21(13-16)17(23)12-14-8-11-22(19-14)15-6-4-3-5-7-15/h3-8,11,16H,9-10,12-13H2,1-2H3/t16-/m0/s1. The summed E-state index contributed by atoms with van der Waals surface area (Å²) in [6, 6.07) is 11.6. The zero-order chi connectivity index (χ0) is 17.8. The first-order chi connectivity index (χ1) is 12.0. The molecule has 2 amide bonds. The molecule has 0 saturated carbocycles. The largest absolute Gasteiger partial charge is 0.444 e. The van der Waals surface area contributed by atoms with E-state index in [9.17, 15) is 9.59 Å². The minimum Gasteiger partial charge on any atom is -0.444 e. The number of likely N-dealkylation sites (tertiary alicyclic amines) is 1. The number of nitrogens with zero attached hydrogens (tertiary/aromatic N) is 4. The molecule has 3 rings (SSSR count). The molecule has 132 valence electrons. The van der Waals surface area contributed by atoms with Crippen molar-refractivity contribution in [2.75, 3.05) is 27.2 Å². The summed E-state index contributed by atoms with van der Waals surface area (Å²) in [5.41, 5.74) is 1.68. The van der Waals surface area contributed by atoms with Crippen LogP contribution in [-0.2, 0) is 16.0 Å². The SMILES string of the molecule is CN(C)C(=O)O[C@H]1CCN(C(=O)Cc2ccn(-c3ccccc3)n2)C1. The van der Waals surface area contributed by atoms with E-state index in [-0.39, 0.29) is 24.5 Å². The van der Waals surface area contributed by atoms with Crippen LogP contribution in [0.5, 0.6) is 0 Å². The van der Waals surface area contributed by atoms with Gasteiger partial charge in [-0.05, 0) is 18.2 Å². The zero-order valence-corrected chi connectivity index (χ0v) is 14.5. The van der Waals surface area contributed by atoms with E-state index in [4.69, 9.17) is 4.74 Å². The van der Waals surface area contributed by atoms with Crippen molar-refractivity contribution < 1.29 is 14.3 Å². The number of hydrogen-bond acceptors (Lipinski definition) is 4. The fraction of sp³-hybridized carbons (Fsp3) is 0.389. The van der Waals surface area contributed by atoms with Gasteiger partial charge in [-0.15, -0.1) is 0 Å². The van der Waals surface area contributed by atoms with Crippen LogP contribution in [0.15, 0.2) is 42.6 Å². The van der Waals surface area contributed by atoms with Gasteiger partial charge in [0.15, 0.2) is 0 Å². The van der Waals surface area contributed by atoms with Crippen LogP contribution in [-0.4, -0.2) is 64.9 Å². The highest BCUT2D eigenvalue weighted by atomic mass is 16.6. The monoisotopic (exact) mass is 342 g/mol. The third kappa shape index (κ3) is 4.17. The van der Waals surface area contributed by atoms with Gasteiger partial charge in [-0.25, -0.2) is 9.48 Å². The Labute approximate surface area is 146 Å². The molecule has 1 aromatic heterocycles. The Kier molecular flexibility index (Phi) is 5.02. The van der Waals surface area contributed by atoms with E-state index in [0.29, 0.717) is 19.5 Å². The molecule has 1 atom stereocenters. The highest BCUT2D eigenvalue weighted by molar-refractivity contribution is 5.78. The molecule has 7 heteroatoms. The van der Waals surface area contributed by atoms with Gasteiger partial charge in [0.1, 0.15) is 6.10 Å². The Morgan fingerprint density at radius 1 is 1.24 bits per heavy atom. The number of benzene rings is 1. The lowest BCUT2D eigenvalue weighted by molar-refractivity contribution is -0.129. The second kappa shape index (κ2) is 7.38. The first-order valence-electron chi connectivity index (χ1n) is 8.28. The lowest BCUT2D eigenvalue weighted by Crippen LogP contribution is -2.33. The Bertz CT molecular complexity index is 742. The quantitative estimate of drug-likeness (QED) is 0.848. The molecule has 1 aliphatic heterocycles. The van der Waals surface area contributed by atoms with Gasteiger partial charge in [-0.3, -0.25) is 4.79 Å². The highest BCUT2D eigenvalue weighted by Crippen LogP contribution is 2.15. The Morgan fingerprint density at radius 2 is 2.00 bits per heavy atom. The van der Waals surface area contributed by atoms with Crippen LogP contribution in [0, 0.1) is 0 Å². The molecule has 0 N–H and O–H groups in total. The second-order valence-corrected chi connectivity index (χ2v) is 6.29. The van der Waals surface area contributed by atoms with Gasteiger partial charge in [-0.2, -0.15) is 5.10 Å². The van der Waals surface area contributed by atoms with Crippen molar-refractivity contribution in [2.45, 2.75) is 18.9 Å². The first kappa shape index (κ1) is 17.0. The Morgan fingerprint density at radius 3 is 2.72 bits per heavy atom. The fourth-order valence-corrected chi connectivity index (χ4v) is 2.75. The van der Waals surface area contributed by atoms with Gasteiger partial charge in [0, 0.05) is 33.3 Å². The second-order valence-electron chi connectivity index (χ2n) is 6.29. The van der Waals surface area contributed by atoms with Crippen molar-refractivity contribution in [3.05, 3.63) is 48.3 Å². The molecular formula is C18H22N4O3. The van der Waals surface area contributed by atoms with Crippen LogP contribution in [0.2, 0.25) is 0 Å². The minimum absolute atomic E-state index is 0.00159. The highest BCUT2D eigenvalue weighted by Gasteiger charge is 2.29. The number of carbonyl (C=O) groups excluding carboxylic acids is 2. The summed E-state index contributed by atoms with van der Waals surface area (Å²) in [4.78, 5) is 27.2. The lowest BCUT2D eigenvalue weighted by Gasteiger charge is -2.18. The van der Waals surface area contributed by atoms with E-state index in [1.165, 1.54) is 4.90 Å². The summed E-state index contributed by atoms with van der Waals surface area (Å²) in [5, 5.41) is 4.46. The van der Waals surface area contributed by atoms with Crippen LogP contribution in [0.25, 0.3) is 5.69 Å². The lowest BCUT2D eigenvalue weighted by atomic mass is 10.3. The van der Waals surface area contributed by atoms with Gasteiger partial charge in [0.2, 0.25) is 5.91 Å². The van der Waals surface area contributed by atoms with Gasteiger partial charge in [-0.1, -0.05) is 18.2 Å². The Hall–Kier alpha value is -2.83. The van der Waals surface area contributed by atoms with Gasteiger partial charge in [0.25, 0.3) is 0 Å². The molecule has 7 nitrogen and oxygen atoms in total. The molecule has 0 spiro atoms. The molecule has 1 aromatic carbocycles. The zero-order valence-electron chi connectivity index (χ0n) is 14.5. The van der Waals surface area contributed by atoms with Crippen molar-refractivity contribution >= 4 is 12.0 Å². The van der Waals surface area contributed by atoms with Crippen molar-refractivity contribution in [3.8, 4) is 5.69 Å². The van der Waals surface area contributed by atoms with Crippen LogP contribution in [0.1, 0.15) is 12.1 Å². The van der Waals surface area contributed by atoms with Crippen molar-refractivity contribution in [2.24, 2.45) is 0 Å². The molecule has 1 fully saturated rings. The maximum atomic E-state index is 12.5. The van der Waals surface area contributed by atoms with Crippen LogP contribution in [0.3, 0.4) is 0 Å². The van der Waals surface area contributed by atoms with Crippen LogP contribution in [0.4, 0.5) is 4.79 Å². The number of aromatic nitrogens is 2. The van der Waals surface area contributed by atoms with E-state index < -0.39 is 0 Å². The number of ether oxygens (including phenoxy) is 1. The van der Waals surface area contributed by atoms with Crippen molar-refractivity contribution in [3.63, 3.8) is 0 Å². The van der Waals surface area contributed by atoms with Crippen molar-refractivity contribution in [1.82, 2.24) is 19.6 Å². The maximum Gasteiger partial charge on any atom is 0.409 e. The van der Waals surface area contributed by atoms with Crippen LogP contribution < -0.4 is 0 Å². The average molecular weight is 342 g/mol. The summed E-state index contributed by atoms with van der Waals surface area (Å²) in [6.07, 6.45) is 2.16. The number of amides is 2. The molecule has 0 bridgehead atoms. The molecular weight excluding hydrogens is 320 g/mol. The molecule has 0 aliphatic carbocycles. The molecule has 2 aromatic rings. The predicted molar refractivity (Wildman–Crippen MR) is 92.4 cm³/mol. The summed E-state index contributed by atoms with van der Waals surface area (Å²) in [5.74, 6) is 0.00159. The maximum absolute atomic E-state index is 12.5. The minimum atomic E-state index is -0.374. The third-order valence-corrected chi connectivity index (χ3v) is 4.13. The Balaban J connectivity index is 1.55. The molecule has 0 radical (unpaired) electrons. The molecule has 1 saturated heterocycles. The van der Waals surface area contributed by atoms with Crippen molar-refractivity contribution in [1.29, 1.82) is 0 Å². The topological polar surface area (TPSA) is 67.7 Å². The summed E-state index contributed by atoms with van der Waals surface area (Å²) >= 11 is 0. The summed E-state index contributed by atoms with van der Waals surface area (Å²) in [7, 11) is 3.28. The first-order valence-corrected chi connectivity index (χ1v) is 8.28.